The van der Waals surface area contributed by atoms with Gasteiger partial charge in [0.1, 0.15) is 11.6 Å². The van der Waals surface area contributed by atoms with Gasteiger partial charge >= 0.3 is 5.97 Å². The van der Waals surface area contributed by atoms with Gasteiger partial charge in [-0.1, -0.05) is 22.0 Å². The standard InChI is InChI=1S/C19H16BrFN2O3/c20-13-3-1-11(15(21)9-13)8-18-22-16-4-2-12(19(24)25)7-17(16)23(18)10-14-5-6-26-14/h1-4,7,9,14H,5-6,8,10H2,(H,24,25). The van der Waals surface area contributed by atoms with Crippen LogP contribution in [-0.2, 0) is 17.7 Å². The van der Waals surface area contributed by atoms with Crippen LogP contribution in [0.15, 0.2) is 40.9 Å². The predicted molar refractivity (Wildman–Crippen MR) is 98.0 cm³/mol. The number of hydrogen-bond donors (Lipinski definition) is 1. The molecule has 4 rings (SSSR count). The Bertz CT molecular complexity index is 998. The van der Waals surface area contributed by atoms with Crippen molar-refractivity contribution in [2.24, 2.45) is 0 Å². The Morgan fingerprint density at radius 1 is 1.35 bits per heavy atom. The summed E-state index contributed by atoms with van der Waals surface area (Å²) in [6.45, 7) is 1.31. The van der Waals surface area contributed by atoms with Crippen molar-refractivity contribution in [1.82, 2.24) is 9.55 Å². The molecule has 2 aromatic carbocycles. The summed E-state index contributed by atoms with van der Waals surface area (Å²) in [5, 5.41) is 9.27. The highest BCUT2D eigenvalue weighted by molar-refractivity contribution is 9.10. The fraction of sp³-hybridized carbons (Fsp3) is 0.263. The Hall–Kier alpha value is -2.25. The van der Waals surface area contributed by atoms with Gasteiger partial charge in [0.25, 0.3) is 0 Å². The van der Waals surface area contributed by atoms with Crippen LogP contribution in [0.3, 0.4) is 0 Å². The van der Waals surface area contributed by atoms with E-state index in [0.29, 0.717) is 34.3 Å². The van der Waals surface area contributed by atoms with Gasteiger partial charge in [-0.2, -0.15) is 0 Å². The molecule has 1 N–H and O–H groups in total. The lowest BCUT2D eigenvalue weighted by atomic mass is 10.1. The predicted octanol–water partition coefficient (Wildman–Crippen LogP) is 4.02. The number of imidazole rings is 1. The van der Waals surface area contributed by atoms with Crippen LogP contribution in [-0.4, -0.2) is 33.3 Å². The van der Waals surface area contributed by atoms with Gasteiger partial charge in [-0.05, 0) is 42.3 Å². The van der Waals surface area contributed by atoms with E-state index in [0.717, 1.165) is 18.5 Å². The minimum Gasteiger partial charge on any atom is -0.478 e. The van der Waals surface area contributed by atoms with Crippen LogP contribution in [0, 0.1) is 5.82 Å². The zero-order chi connectivity index (χ0) is 18.3. The minimum absolute atomic E-state index is 0.0781. The topological polar surface area (TPSA) is 64.3 Å². The van der Waals surface area contributed by atoms with E-state index in [9.17, 15) is 14.3 Å². The summed E-state index contributed by atoms with van der Waals surface area (Å²) >= 11 is 3.26. The van der Waals surface area contributed by atoms with E-state index in [1.54, 1.807) is 24.3 Å². The number of hydrogen-bond acceptors (Lipinski definition) is 3. The van der Waals surface area contributed by atoms with Crippen LogP contribution < -0.4 is 0 Å². The Balaban J connectivity index is 1.78. The number of aromatic carboxylic acids is 1. The van der Waals surface area contributed by atoms with Crippen LogP contribution in [0.5, 0.6) is 0 Å². The van der Waals surface area contributed by atoms with Crippen molar-refractivity contribution >= 4 is 32.9 Å². The quantitative estimate of drug-likeness (QED) is 0.679. The van der Waals surface area contributed by atoms with Crippen molar-refractivity contribution in [3.05, 3.63) is 63.6 Å². The van der Waals surface area contributed by atoms with Gasteiger partial charge in [0, 0.05) is 17.5 Å². The summed E-state index contributed by atoms with van der Waals surface area (Å²) in [5.41, 5.74) is 2.17. The molecule has 0 aliphatic carbocycles. The number of fused-ring (bicyclic) bond motifs is 1. The summed E-state index contributed by atoms with van der Waals surface area (Å²) < 4.78 is 22.4. The molecule has 1 aliphatic rings. The second-order valence-corrected chi connectivity index (χ2v) is 7.26. The molecular weight excluding hydrogens is 403 g/mol. The average Bonchev–Trinajstić information content (AvgIpc) is 2.90. The molecule has 0 spiro atoms. The molecule has 1 unspecified atom stereocenters. The van der Waals surface area contributed by atoms with E-state index in [1.165, 1.54) is 12.1 Å². The van der Waals surface area contributed by atoms with Crippen molar-refractivity contribution in [3.63, 3.8) is 0 Å². The van der Waals surface area contributed by atoms with E-state index in [-0.39, 0.29) is 17.5 Å². The highest BCUT2D eigenvalue weighted by Gasteiger charge is 2.23. The largest absolute Gasteiger partial charge is 0.478 e. The average molecular weight is 419 g/mol. The lowest BCUT2D eigenvalue weighted by Crippen LogP contribution is -2.31. The molecule has 0 amide bonds. The molecule has 26 heavy (non-hydrogen) atoms. The molecule has 0 bridgehead atoms. The van der Waals surface area contributed by atoms with Gasteiger partial charge in [-0.3, -0.25) is 0 Å². The molecule has 1 fully saturated rings. The Kier molecular flexibility index (Phi) is 4.50. The van der Waals surface area contributed by atoms with Gasteiger partial charge in [-0.15, -0.1) is 0 Å². The number of ether oxygens (including phenoxy) is 1. The molecule has 1 aromatic heterocycles. The fourth-order valence-corrected chi connectivity index (χ4v) is 3.45. The van der Waals surface area contributed by atoms with E-state index < -0.39 is 5.97 Å². The number of benzene rings is 2. The first kappa shape index (κ1) is 17.2. The van der Waals surface area contributed by atoms with Crippen LogP contribution in [0.4, 0.5) is 4.39 Å². The molecular formula is C19H16BrFN2O3. The zero-order valence-electron chi connectivity index (χ0n) is 13.8. The first-order valence-corrected chi connectivity index (χ1v) is 9.08. The van der Waals surface area contributed by atoms with E-state index in [2.05, 4.69) is 20.9 Å². The summed E-state index contributed by atoms with van der Waals surface area (Å²) in [4.78, 5) is 15.9. The van der Waals surface area contributed by atoms with Crippen LogP contribution in [0.2, 0.25) is 0 Å². The van der Waals surface area contributed by atoms with Crippen molar-refractivity contribution in [3.8, 4) is 0 Å². The lowest BCUT2D eigenvalue weighted by Gasteiger charge is -2.27. The third-order valence-electron chi connectivity index (χ3n) is 4.62. The lowest BCUT2D eigenvalue weighted by molar-refractivity contribution is -0.0589. The highest BCUT2D eigenvalue weighted by atomic mass is 79.9. The molecule has 1 atom stereocenters. The Morgan fingerprint density at radius 3 is 2.81 bits per heavy atom. The van der Waals surface area contributed by atoms with Crippen LogP contribution >= 0.6 is 15.9 Å². The van der Waals surface area contributed by atoms with E-state index >= 15 is 0 Å². The fourth-order valence-electron chi connectivity index (χ4n) is 3.11. The summed E-state index contributed by atoms with van der Waals surface area (Å²) in [5.74, 6) is -0.594. The molecule has 0 saturated carbocycles. The second-order valence-electron chi connectivity index (χ2n) is 6.34. The van der Waals surface area contributed by atoms with Crippen molar-refractivity contribution < 1.29 is 19.0 Å². The van der Waals surface area contributed by atoms with E-state index in [1.807, 2.05) is 4.57 Å². The number of halogens is 2. The number of nitrogens with zero attached hydrogens (tertiary/aromatic N) is 2. The number of carbonyl (C=O) groups is 1. The van der Waals surface area contributed by atoms with Crippen molar-refractivity contribution in [2.75, 3.05) is 6.61 Å². The molecule has 0 radical (unpaired) electrons. The van der Waals surface area contributed by atoms with Crippen LogP contribution in [0.1, 0.15) is 28.2 Å². The summed E-state index contributed by atoms with van der Waals surface area (Å²) in [6.07, 6.45) is 1.35. The van der Waals surface area contributed by atoms with Gasteiger partial charge < -0.3 is 14.4 Å². The number of carboxylic acids is 1. The maximum absolute atomic E-state index is 14.3. The molecule has 1 aliphatic heterocycles. The molecule has 7 heteroatoms. The highest BCUT2D eigenvalue weighted by Crippen LogP contribution is 2.25. The molecule has 2 heterocycles. The first-order valence-electron chi connectivity index (χ1n) is 8.29. The maximum atomic E-state index is 14.3. The monoisotopic (exact) mass is 418 g/mol. The number of aromatic nitrogens is 2. The normalized spacial score (nSPS) is 16.6. The Labute approximate surface area is 157 Å². The minimum atomic E-state index is -0.986. The number of rotatable bonds is 5. The molecule has 5 nitrogen and oxygen atoms in total. The van der Waals surface area contributed by atoms with Crippen molar-refractivity contribution in [1.29, 1.82) is 0 Å². The second kappa shape index (κ2) is 6.81. The molecule has 134 valence electrons. The molecule has 3 aromatic rings. The number of carboxylic acid groups (broad SMARTS) is 1. The van der Waals surface area contributed by atoms with Gasteiger partial charge in [0.15, 0.2) is 0 Å². The van der Waals surface area contributed by atoms with E-state index in [4.69, 9.17) is 4.74 Å². The third kappa shape index (κ3) is 3.24. The van der Waals surface area contributed by atoms with Gasteiger partial charge in [-0.25, -0.2) is 14.2 Å². The van der Waals surface area contributed by atoms with Crippen molar-refractivity contribution in [2.45, 2.75) is 25.5 Å². The summed E-state index contributed by atoms with van der Waals surface area (Å²) in [7, 11) is 0. The third-order valence-corrected chi connectivity index (χ3v) is 5.11. The van der Waals surface area contributed by atoms with Crippen LogP contribution in [0.25, 0.3) is 11.0 Å². The SMILES string of the molecule is O=C(O)c1ccc2nc(Cc3ccc(Br)cc3F)n(CC3CCO3)c2c1. The van der Waals surface area contributed by atoms with Gasteiger partial charge in [0.2, 0.25) is 0 Å². The molecule has 1 saturated heterocycles. The maximum Gasteiger partial charge on any atom is 0.335 e. The zero-order valence-corrected chi connectivity index (χ0v) is 15.4. The first-order chi connectivity index (χ1) is 12.5. The Morgan fingerprint density at radius 2 is 2.15 bits per heavy atom. The summed E-state index contributed by atoms with van der Waals surface area (Å²) in [6, 6.07) is 9.80. The smallest absolute Gasteiger partial charge is 0.335 e. The van der Waals surface area contributed by atoms with Gasteiger partial charge in [0.05, 0.1) is 29.2 Å².